The molecular weight excluding hydrogens is 293 g/mol. The molecule has 0 saturated carbocycles. The minimum absolute atomic E-state index is 0. The summed E-state index contributed by atoms with van der Waals surface area (Å²) >= 11 is 0. The topological polar surface area (TPSA) is 34.1 Å². The molecular formula is C13H18ClF3N2O. The average molecular weight is 311 g/mol. The highest BCUT2D eigenvalue weighted by Crippen LogP contribution is 2.29. The van der Waals surface area contributed by atoms with Crippen molar-refractivity contribution in [2.24, 2.45) is 0 Å². The minimum atomic E-state index is -4.35. The first-order chi connectivity index (χ1) is 9.05. The Morgan fingerprint density at radius 1 is 1.30 bits per heavy atom. The number of nitrogens with one attached hydrogen (secondary N) is 1. The smallest absolute Gasteiger partial charge is 0.417 e. The van der Waals surface area contributed by atoms with E-state index < -0.39 is 11.7 Å². The van der Waals surface area contributed by atoms with Crippen molar-refractivity contribution in [1.29, 1.82) is 0 Å². The number of nitrogens with zero attached hydrogens (tertiary/aromatic N) is 1. The fourth-order valence-electron chi connectivity index (χ4n) is 2.11. The van der Waals surface area contributed by atoms with Gasteiger partial charge >= 0.3 is 6.18 Å². The van der Waals surface area contributed by atoms with Gasteiger partial charge in [-0.2, -0.15) is 13.2 Å². The van der Waals surface area contributed by atoms with Crippen LogP contribution in [0.15, 0.2) is 18.3 Å². The van der Waals surface area contributed by atoms with Crippen LogP contribution in [-0.2, 0) is 6.18 Å². The van der Waals surface area contributed by atoms with E-state index in [0.717, 1.165) is 31.6 Å². The molecule has 3 nitrogen and oxygen atoms in total. The molecule has 0 aromatic carbocycles. The van der Waals surface area contributed by atoms with Gasteiger partial charge in [-0.25, -0.2) is 4.98 Å². The van der Waals surface area contributed by atoms with E-state index in [2.05, 4.69) is 10.3 Å². The van der Waals surface area contributed by atoms with E-state index in [1.165, 1.54) is 18.9 Å². The number of aromatic nitrogens is 1. The van der Waals surface area contributed by atoms with Crippen molar-refractivity contribution in [3.05, 3.63) is 23.9 Å². The zero-order valence-electron chi connectivity index (χ0n) is 10.9. The first kappa shape index (κ1) is 17.0. The van der Waals surface area contributed by atoms with Gasteiger partial charge in [0.2, 0.25) is 5.88 Å². The highest BCUT2D eigenvalue weighted by molar-refractivity contribution is 5.85. The summed E-state index contributed by atoms with van der Waals surface area (Å²) in [5.74, 6) is 0.240. The van der Waals surface area contributed by atoms with Crippen LogP contribution >= 0.6 is 12.4 Å². The van der Waals surface area contributed by atoms with Gasteiger partial charge in [-0.3, -0.25) is 0 Å². The molecule has 1 aliphatic heterocycles. The molecule has 2 heterocycles. The average Bonchev–Trinajstić information content (AvgIpc) is 2.39. The fourth-order valence-corrected chi connectivity index (χ4v) is 2.11. The van der Waals surface area contributed by atoms with E-state index in [1.807, 2.05) is 0 Å². The van der Waals surface area contributed by atoms with Crippen molar-refractivity contribution in [2.75, 3.05) is 13.2 Å². The van der Waals surface area contributed by atoms with Gasteiger partial charge in [0.15, 0.2) is 0 Å². The van der Waals surface area contributed by atoms with E-state index in [0.29, 0.717) is 12.6 Å². The number of hydrogen-bond acceptors (Lipinski definition) is 3. The zero-order chi connectivity index (χ0) is 13.7. The molecule has 1 atom stereocenters. The van der Waals surface area contributed by atoms with E-state index in [9.17, 15) is 13.2 Å². The lowest BCUT2D eigenvalue weighted by Gasteiger charge is -2.23. The van der Waals surface area contributed by atoms with E-state index in [-0.39, 0.29) is 18.3 Å². The molecule has 1 aromatic heterocycles. The maximum absolute atomic E-state index is 12.3. The van der Waals surface area contributed by atoms with Crippen LogP contribution in [-0.4, -0.2) is 24.2 Å². The Bertz CT molecular complexity index is 392. The van der Waals surface area contributed by atoms with Crippen LogP contribution < -0.4 is 10.1 Å². The molecule has 1 N–H and O–H groups in total. The van der Waals surface area contributed by atoms with Crippen LogP contribution in [0.1, 0.15) is 31.2 Å². The Balaban J connectivity index is 0.00000200. The molecule has 114 valence electrons. The molecule has 0 bridgehead atoms. The van der Waals surface area contributed by atoms with E-state index in [1.54, 1.807) is 0 Å². The number of hydrogen-bond donors (Lipinski definition) is 1. The molecule has 1 unspecified atom stereocenters. The molecule has 1 aromatic rings. The normalized spacial score (nSPS) is 19.2. The summed E-state index contributed by atoms with van der Waals surface area (Å²) < 4.78 is 42.3. The van der Waals surface area contributed by atoms with Gasteiger partial charge in [0.1, 0.15) is 0 Å². The third kappa shape index (κ3) is 5.17. The van der Waals surface area contributed by atoms with Crippen molar-refractivity contribution in [2.45, 2.75) is 37.9 Å². The largest absolute Gasteiger partial charge is 0.478 e. The predicted molar refractivity (Wildman–Crippen MR) is 72.2 cm³/mol. The third-order valence-electron chi connectivity index (χ3n) is 3.19. The SMILES string of the molecule is Cl.FC(F)(F)c1ccc(OCCC2CCCCN2)nc1. The summed E-state index contributed by atoms with van der Waals surface area (Å²) in [6.45, 7) is 1.50. The van der Waals surface area contributed by atoms with Gasteiger partial charge in [0.25, 0.3) is 0 Å². The van der Waals surface area contributed by atoms with Crippen molar-refractivity contribution in [3.63, 3.8) is 0 Å². The van der Waals surface area contributed by atoms with Crippen molar-refractivity contribution in [3.8, 4) is 5.88 Å². The van der Waals surface area contributed by atoms with Gasteiger partial charge in [0.05, 0.1) is 12.2 Å². The molecule has 20 heavy (non-hydrogen) atoms. The first-order valence-electron chi connectivity index (χ1n) is 6.45. The van der Waals surface area contributed by atoms with Crippen LogP contribution in [0.5, 0.6) is 5.88 Å². The molecule has 1 saturated heterocycles. The zero-order valence-corrected chi connectivity index (χ0v) is 11.8. The maximum Gasteiger partial charge on any atom is 0.417 e. The second-order valence-electron chi connectivity index (χ2n) is 4.67. The second kappa shape index (κ2) is 7.69. The molecule has 2 rings (SSSR count). The van der Waals surface area contributed by atoms with Crippen LogP contribution in [0, 0.1) is 0 Å². The number of rotatable bonds is 4. The second-order valence-corrected chi connectivity index (χ2v) is 4.67. The summed E-state index contributed by atoms with van der Waals surface area (Å²) in [7, 11) is 0. The van der Waals surface area contributed by atoms with Gasteiger partial charge < -0.3 is 10.1 Å². The molecule has 0 radical (unpaired) electrons. The Kier molecular flexibility index (Phi) is 6.55. The standard InChI is InChI=1S/C13H17F3N2O.ClH/c14-13(15,16)10-4-5-12(18-9-10)19-8-6-11-3-1-2-7-17-11;/h4-5,9,11,17H,1-3,6-8H2;1H. The predicted octanol–water partition coefficient (Wildman–Crippen LogP) is 3.43. The van der Waals surface area contributed by atoms with Crippen molar-refractivity contribution < 1.29 is 17.9 Å². The number of ether oxygens (including phenoxy) is 1. The molecule has 7 heteroatoms. The van der Waals surface area contributed by atoms with Crippen LogP contribution in [0.4, 0.5) is 13.2 Å². The minimum Gasteiger partial charge on any atom is -0.478 e. The van der Waals surface area contributed by atoms with E-state index >= 15 is 0 Å². The highest BCUT2D eigenvalue weighted by atomic mass is 35.5. The summed E-state index contributed by atoms with van der Waals surface area (Å²) in [4.78, 5) is 3.67. The fraction of sp³-hybridized carbons (Fsp3) is 0.615. The molecule has 0 amide bonds. The summed E-state index contributed by atoms with van der Waals surface area (Å²) in [6, 6.07) is 2.70. The monoisotopic (exact) mass is 310 g/mol. The van der Waals surface area contributed by atoms with Gasteiger partial charge in [0, 0.05) is 18.3 Å². The maximum atomic E-state index is 12.3. The van der Waals surface area contributed by atoms with E-state index in [4.69, 9.17) is 4.74 Å². The summed E-state index contributed by atoms with van der Waals surface area (Å²) in [5.41, 5.74) is -0.756. The Labute approximate surface area is 122 Å². The lowest BCUT2D eigenvalue weighted by molar-refractivity contribution is -0.137. The van der Waals surface area contributed by atoms with Crippen molar-refractivity contribution >= 4 is 12.4 Å². The summed E-state index contributed by atoms with van der Waals surface area (Å²) in [5, 5.41) is 3.39. The van der Waals surface area contributed by atoms with Gasteiger partial charge in [-0.1, -0.05) is 6.42 Å². The van der Waals surface area contributed by atoms with Gasteiger partial charge in [-0.05, 0) is 31.9 Å². The lowest BCUT2D eigenvalue weighted by Crippen LogP contribution is -2.35. The van der Waals surface area contributed by atoms with Crippen LogP contribution in [0.25, 0.3) is 0 Å². The Morgan fingerprint density at radius 3 is 2.65 bits per heavy atom. The number of alkyl halides is 3. The Hall–Kier alpha value is -1.01. The molecule has 0 spiro atoms. The number of pyridine rings is 1. The number of piperidine rings is 1. The third-order valence-corrected chi connectivity index (χ3v) is 3.19. The lowest BCUT2D eigenvalue weighted by atomic mass is 10.0. The highest BCUT2D eigenvalue weighted by Gasteiger charge is 2.30. The molecule has 1 fully saturated rings. The van der Waals surface area contributed by atoms with Crippen LogP contribution in [0.3, 0.4) is 0 Å². The Morgan fingerprint density at radius 2 is 2.10 bits per heavy atom. The quantitative estimate of drug-likeness (QED) is 0.925. The van der Waals surface area contributed by atoms with Gasteiger partial charge in [-0.15, -0.1) is 12.4 Å². The molecule has 0 aliphatic carbocycles. The molecule has 1 aliphatic rings. The number of halogens is 4. The van der Waals surface area contributed by atoms with Crippen molar-refractivity contribution in [1.82, 2.24) is 10.3 Å². The van der Waals surface area contributed by atoms with Crippen LogP contribution in [0.2, 0.25) is 0 Å². The summed E-state index contributed by atoms with van der Waals surface area (Å²) in [6.07, 6.45) is 0.853. The first-order valence-corrected chi connectivity index (χ1v) is 6.45.